The Labute approximate surface area is 135 Å². The van der Waals surface area contributed by atoms with Gasteiger partial charge in [-0.25, -0.2) is 13.8 Å². The highest BCUT2D eigenvalue weighted by molar-refractivity contribution is 7.09. The van der Waals surface area contributed by atoms with Gasteiger partial charge in [-0.1, -0.05) is 24.3 Å². The Kier molecular flexibility index (Phi) is 4.64. The highest BCUT2D eigenvalue weighted by Crippen LogP contribution is 2.32. The second kappa shape index (κ2) is 6.85. The van der Waals surface area contributed by atoms with E-state index in [9.17, 15) is 13.9 Å². The number of halogens is 2. The third-order valence-electron chi connectivity index (χ3n) is 3.27. The summed E-state index contributed by atoms with van der Waals surface area (Å²) in [6.45, 7) is -0.132. The van der Waals surface area contributed by atoms with Crippen LogP contribution in [0.4, 0.5) is 8.78 Å². The maximum atomic E-state index is 14.2. The molecule has 1 atom stereocenters. The maximum absolute atomic E-state index is 14.2. The predicted molar refractivity (Wildman–Crippen MR) is 83.3 cm³/mol. The Bertz CT molecular complexity index is 793. The summed E-state index contributed by atoms with van der Waals surface area (Å²) in [6, 6.07) is 10.8. The van der Waals surface area contributed by atoms with Crippen molar-refractivity contribution >= 4 is 11.3 Å². The Hall–Kier alpha value is -2.31. The van der Waals surface area contributed by atoms with Crippen LogP contribution in [-0.2, 0) is 6.61 Å². The fraction of sp³-hybridized carbons (Fsp3) is 0.118. The van der Waals surface area contributed by atoms with E-state index in [1.54, 1.807) is 35.8 Å². The molecule has 0 saturated heterocycles. The van der Waals surface area contributed by atoms with Crippen LogP contribution in [0.15, 0.2) is 54.0 Å². The van der Waals surface area contributed by atoms with Crippen molar-refractivity contribution in [1.82, 2.24) is 4.98 Å². The molecule has 0 bridgehead atoms. The molecule has 0 aliphatic heterocycles. The SMILES string of the molecule is OCc1cccc(OC(c2nccs2)c2cccc(F)c2F)c1. The van der Waals surface area contributed by atoms with Gasteiger partial charge in [0, 0.05) is 17.1 Å². The molecule has 118 valence electrons. The molecule has 0 radical (unpaired) electrons. The van der Waals surface area contributed by atoms with Crippen LogP contribution in [0.1, 0.15) is 22.2 Å². The summed E-state index contributed by atoms with van der Waals surface area (Å²) < 4.78 is 33.6. The lowest BCUT2D eigenvalue weighted by Crippen LogP contribution is -2.12. The van der Waals surface area contributed by atoms with Gasteiger partial charge in [0.1, 0.15) is 10.8 Å². The van der Waals surface area contributed by atoms with Crippen LogP contribution in [0.2, 0.25) is 0 Å². The van der Waals surface area contributed by atoms with E-state index < -0.39 is 17.7 Å². The average Bonchev–Trinajstić information content (AvgIpc) is 3.10. The zero-order chi connectivity index (χ0) is 16.2. The minimum absolute atomic E-state index is 0.0781. The Morgan fingerprint density at radius 3 is 2.74 bits per heavy atom. The molecule has 2 aromatic carbocycles. The van der Waals surface area contributed by atoms with E-state index in [0.29, 0.717) is 16.3 Å². The number of aromatic nitrogens is 1. The zero-order valence-corrected chi connectivity index (χ0v) is 12.8. The van der Waals surface area contributed by atoms with Gasteiger partial charge in [0.2, 0.25) is 0 Å². The van der Waals surface area contributed by atoms with Crippen LogP contribution in [0, 0.1) is 11.6 Å². The molecule has 3 aromatic rings. The molecule has 1 heterocycles. The van der Waals surface area contributed by atoms with Gasteiger partial charge in [-0.05, 0) is 23.8 Å². The van der Waals surface area contributed by atoms with Crippen LogP contribution in [0.25, 0.3) is 0 Å². The van der Waals surface area contributed by atoms with Gasteiger partial charge in [-0.2, -0.15) is 0 Å². The number of thiazole rings is 1. The number of hydrogen-bond acceptors (Lipinski definition) is 4. The van der Waals surface area contributed by atoms with E-state index in [2.05, 4.69) is 4.98 Å². The van der Waals surface area contributed by atoms with Gasteiger partial charge < -0.3 is 9.84 Å². The summed E-state index contributed by atoms with van der Waals surface area (Å²) >= 11 is 1.30. The van der Waals surface area contributed by atoms with Crippen molar-refractivity contribution in [3.8, 4) is 5.75 Å². The summed E-state index contributed by atoms with van der Waals surface area (Å²) in [5.74, 6) is -1.44. The summed E-state index contributed by atoms with van der Waals surface area (Å²) in [7, 11) is 0. The molecule has 0 spiro atoms. The van der Waals surface area contributed by atoms with Crippen molar-refractivity contribution in [1.29, 1.82) is 0 Å². The van der Waals surface area contributed by atoms with Gasteiger partial charge in [0.25, 0.3) is 0 Å². The predicted octanol–water partition coefficient (Wildman–Crippen LogP) is 4.08. The van der Waals surface area contributed by atoms with Crippen LogP contribution >= 0.6 is 11.3 Å². The van der Waals surface area contributed by atoms with Gasteiger partial charge in [0.15, 0.2) is 17.7 Å². The number of benzene rings is 2. The topological polar surface area (TPSA) is 42.4 Å². The second-order valence-corrected chi connectivity index (χ2v) is 5.74. The Morgan fingerprint density at radius 1 is 1.17 bits per heavy atom. The molecule has 0 aliphatic carbocycles. The lowest BCUT2D eigenvalue weighted by atomic mass is 10.1. The average molecular weight is 333 g/mol. The summed E-state index contributed by atoms with van der Waals surface area (Å²) in [5.41, 5.74) is 0.745. The van der Waals surface area contributed by atoms with Crippen LogP contribution in [-0.4, -0.2) is 10.1 Å². The van der Waals surface area contributed by atoms with E-state index in [4.69, 9.17) is 4.74 Å². The number of aliphatic hydroxyl groups is 1. The van der Waals surface area contributed by atoms with Crippen molar-refractivity contribution in [2.45, 2.75) is 12.7 Å². The summed E-state index contributed by atoms with van der Waals surface area (Å²) in [5, 5.41) is 11.5. The smallest absolute Gasteiger partial charge is 0.178 e. The van der Waals surface area contributed by atoms with Gasteiger partial charge in [-0.15, -0.1) is 11.3 Å². The molecular formula is C17H13F2NO2S. The van der Waals surface area contributed by atoms with Crippen LogP contribution < -0.4 is 4.74 Å². The molecule has 1 N–H and O–H groups in total. The summed E-state index contributed by atoms with van der Waals surface area (Å²) in [6.07, 6.45) is 0.720. The van der Waals surface area contributed by atoms with Gasteiger partial charge in [0.05, 0.1) is 6.61 Å². The third kappa shape index (κ3) is 3.38. The first-order valence-electron chi connectivity index (χ1n) is 6.89. The summed E-state index contributed by atoms with van der Waals surface area (Å²) in [4.78, 5) is 4.16. The van der Waals surface area contributed by atoms with E-state index in [-0.39, 0.29) is 12.2 Å². The van der Waals surface area contributed by atoms with E-state index >= 15 is 0 Å². The van der Waals surface area contributed by atoms with Gasteiger partial charge in [-0.3, -0.25) is 0 Å². The van der Waals surface area contributed by atoms with Crippen LogP contribution in [0.3, 0.4) is 0 Å². The zero-order valence-electron chi connectivity index (χ0n) is 11.9. The third-order valence-corrected chi connectivity index (χ3v) is 4.09. The second-order valence-electron chi connectivity index (χ2n) is 4.82. The molecule has 6 heteroatoms. The Balaban J connectivity index is 2.01. The first-order valence-corrected chi connectivity index (χ1v) is 7.76. The fourth-order valence-electron chi connectivity index (χ4n) is 2.19. The highest BCUT2D eigenvalue weighted by atomic mass is 32.1. The molecular weight excluding hydrogens is 320 g/mol. The normalized spacial score (nSPS) is 12.1. The minimum Gasteiger partial charge on any atom is -0.478 e. The molecule has 3 rings (SSSR count). The number of aliphatic hydroxyl groups excluding tert-OH is 1. The van der Waals surface area contributed by atoms with Crippen molar-refractivity contribution in [3.05, 3.63) is 81.8 Å². The molecule has 23 heavy (non-hydrogen) atoms. The minimum atomic E-state index is -0.953. The lowest BCUT2D eigenvalue weighted by molar-refractivity contribution is 0.237. The van der Waals surface area contributed by atoms with Crippen LogP contribution in [0.5, 0.6) is 5.75 Å². The van der Waals surface area contributed by atoms with Crippen molar-refractivity contribution in [3.63, 3.8) is 0 Å². The molecule has 0 aliphatic rings. The van der Waals surface area contributed by atoms with E-state index in [1.165, 1.54) is 23.5 Å². The molecule has 1 aromatic heterocycles. The first kappa shape index (κ1) is 15.6. The maximum Gasteiger partial charge on any atom is 0.178 e. The van der Waals surface area contributed by atoms with E-state index in [0.717, 1.165) is 6.07 Å². The largest absolute Gasteiger partial charge is 0.478 e. The fourth-order valence-corrected chi connectivity index (χ4v) is 2.87. The number of ether oxygens (including phenoxy) is 1. The number of hydrogen-bond donors (Lipinski definition) is 1. The lowest BCUT2D eigenvalue weighted by Gasteiger charge is -2.18. The molecule has 3 nitrogen and oxygen atoms in total. The number of nitrogens with zero attached hydrogens (tertiary/aromatic N) is 1. The standard InChI is InChI=1S/C17H13F2NO2S/c18-14-6-2-5-13(15(14)19)16(17-20-7-8-23-17)22-12-4-1-3-11(9-12)10-21/h1-9,16,21H,10H2. The first-order chi connectivity index (χ1) is 11.2. The molecule has 0 saturated carbocycles. The van der Waals surface area contributed by atoms with Gasteiger partial charge >= 0.3 is 0 Å². The molecule has 1 unspecified atom stereocenters. The van der Waals surface area contributed by atoms with Crippen molar-refractivity contribution < 1.29 is 18.6 Å². The quantitative estimate of drug-likeness (QED) is 0.765. The number of rotatable bonds is 5. The monoisotopic (exact) mass is 333 g/mol. The van der Waals surface area contributed by atoms with E-state index in [1.807, 2.05) is 0 Å². The Morgan fingerprint density at radius 2 is 2.00 bits per heavy atom. The molecule has 0 amide bonds. The highest BCUT2D eigenvalue weighted by Gasteiger charge is 2.24. The van der Waals surface area contributed by atoms with Crippen molar-refractivity contribution in [2.24, 2.45) is 0 Å². The van der Waals surface area contributed by atoms with Crippen molar-refractivity contribution in [2.75, 3.05) is 0 Å². The molecule has 0 fully saturated rings.